The monoisotopic (exact) mass is 357 g/mol. The average Bonchev–Trinajstić information content (AvgIpc) is 3.12. The van der Waals surface area contributed by atoms with Gasteiger partial charge in [0.2, 0.25) is 6.79 Å². The predicted octanol–water partition coefficient (Wildman–Crippen LogP) is 2.93. The number of esters is 1. The molecule has 2 aromatic carbocycles. The highest BCUT2D eigenvalue weighted by molar-refractivity contribution is 6.00. The molecule has 0 bridgehead atoms. The molecule has 26 heavy (non-hydrogen) atoms. The number of hydrogen-bond donors (Lipinski definition) is 0. The molecule has 3 rings (SSSR count). The minimum atomic E-state index is -0.978. The Morgan fingerprint density at radius 2 is 1.81 bits per heavy atom. The summed E-state index contributed by atoms with van der Waals surface area (Å²) in [7, 11) is 0. The molecule has 0 saturated carbocycles. The molecule has 0 fully saturated rings. The molecule has 0 unspecified atom stereocenters. The first-order chi connectivity index (χ1) is 12.5. The van der Waals surface area contributed by atoms with Crippen LogP contribution in [0.4, 0.5) is 5.69 Å². The van der Waals surface area contributed by atoms with E-state index in [1.54, 1.807) is 12.1 Å². The largest absolute Gasteiger partial charge is 0.454 e. The van der Waals surface area contributed by atoms with Crippen LogP contribution in [0.3, 0.4) is 0 Å². The molecule has 8 nitrogen and oxygen atoms in total. The zero-order chi connectivity index (χ0) is 18.7. The van der Waals surface area contributed by atoms with Crippen molar-refractivity contribution in [1.29, 1.82) is 0 Å². The predicted molar refractivity (Wildman–Crippen MR) is 89.7 cm³/mol. The summed E-state index contributed by atoms with van der Waals surface area (Å²) in [5.41, 5.74) is 0.706. The van der Waals surface area contributed by atoms with Gasteiger partial charge in [-0.2, -0.15) is 0 Å². The Morgan fingerprint density at radius 3 is 2.42 bits per heavy atom. The van der Waals surface area contributed by atoms with E-state index in [4.69, 9.17) is 14.2 Å². The molecule has 0 aromatic heterocycles. The van der Waals surface area contributed by atoms with Gasteiger partial charge in [-0.25, -0.2) is 4.79 Å². The van der Waals surface area contributed by atoms with E-state index in [1.165, 1.54) is 6.07 Å². The summed E-state index contributed by atoms with van der Waals surface area (Å²) < 4.78 is 15.1. The fraction of sp³-hybridized carbons (Fsp3) is 0.222. The van der Waals surface area contributed by atoms with Gasteiger partial charge in [0.1, 0.15) is 5.56 Å². The minimum absolute atomic E-state index is 0.0861. The summed E-state index contributed by atoms with van der Waals surface area (Å²) in [6.45, 7) is 1.39. The number of ether oxygens (including phenoxy) is 3. The fourth-order valence-electron chi connectivity index (χ4n) is 2.46. The number of carbonyl (C=O) groups excluding carboxylic acids is 2. The molecule has 0 radical (unpaired) electrons. The van der Waals surface area contributed by atoms with E-state index in [9.17, 15) is 19.7 Å². The Balaban J connectivity index is 1.73. The van der Waals surface area contributed by atoms with E-state index >= 15 is 0 Å². The van der Waals surface area contributed by atoms with Crippen molar-refractivity contribution < 1.29 is 28.7 Å². The summed E-state index contributed by atoms with van der Waals surface area (Å²) in [5, 5.41) is 11.2. The number of hydrogen-bond acceptors (Lipinski definition) is 7. The standard InChI is InChI=1S/C18H15NO7/c1-2-11-3-5-12(6-4-11)15(20)9-24-18(21)13-7-16-17(26-10-25-16)8-14(13)19(22)23/h3-8H,2,9-10H2,1H3. The zero-order valence-electron chi connectivity index (χ0n) is 13.9. The van der Waals surface area contributed by atoms with Gasteiger partial charge >= 0.3 is 5.97 Å². The van der Waals surface area contributed by atoms with Crippen molar-refractivity contribution in [3.05, 3.63) is 63.2 Å². The molecule has 0 spiro atoms. The third-order valence-electron chi connectivity index (χ3n) is 3.93. The maximum absolute atomic E-state index is 12.2. The number of Topliss-reactive ketones (excluding diaryl/α,β-unsaturated/α-hetero) is 1. The molecule has 1 heterocycles. The van der Waals surface area contributed by atoms with E-state index in [-0.39, 0.29) is 23.9 Å². The lowest BCUT2D eigenvalue weighted by Gasteiger charge is -2.06. The molecule has 0 saturated heterocycles. The van der Waals surface area contributed by atoms with Gasteiger partial charge in [-0.15, -0.1) is 0 Å². The minimum Gasteiger partial charge on any atom is -0.454 e. The molecule has 0 atom stereocenters. The number of fused-ring (bicyclic) bond motifs is 1. The highest BCUT2D eigenvalue weighted by Crippen LogP contribution is 2.38. The third kappa shape index (κ3) is 3.49. The molecule has 2 aromatic rings. The van der Waals surface area contributed by atoms with Gasteiger partial charge in [-0.05, 0) is 12.0 Å². The fourth-order valence-corrected chi connectivity index (χ4v) is 2.46. The second kappa shape index (κ2) is 7.22. The highest BCUT2D eigenvalue weighted by atomic mass is 16.7. The van der Waals surface area contributed by atoms with Crippen molar-refractivity contribution in [2.45, 2.75) is 13.3 Å². The number of nitrogens with zero attached hydrogens (tertiary/aromatic N) is 1. The Hall–Kier alpha value is -3.42. The first kappa shape index (κ1) is 17.4. The van der Waals surface area contributed by atoms with E-state index in [0.717, 1.165) is 18.1 Å². The lowest BCUT2D eigenvalue weighted by molar-refractivity contribution is -0.385. The Kier molecular flexibility index (Phi) is 4.83. The summed E-state index contributed by atoms with van der Waals surface area (Å²) >= 11 is 0. The normalized spacial score (nSPS) is 11.9. The topological polar surface area (TPSA) is 105 Å². The van der Waals surface area contributed by atoms with Crippen LogP contribution in [0.25, 0.3) is 0 Å². The van der Waals surface area contributed by atoms with Crippen molar-refractivity contribution in [3.63, 3.8) is 0 Å². The van der Waals surface area contributed by atoms with E-state index in [0.29, 0.717) is 5.56 Å². The van der Waals surface area contributed by atoms with Crippen LogP contribution in [0.5, 0.6) is 11.5 Å². The Bertz CT molecular complexity index is 874. The second-order valence-corrected chi connectivity index (χ2v) is 5.53. The second-order valence-electron chi connectivity index (χ2n) is 5.53. The lowest BCUT2D eigenvalue weighted by Crippen LogP contribution is -2.15. The van der Waals surface area contributed by atoms with Crippen molar-refractivity contribution in [3.8, 4) is 11.5 Å². The number of carbonyl (C=O) groups is 2. The first-order valence-corrected chi connectivity index (χ1v) is 7.87. The number of nitro groups is 1. The van der Waals surface area contributed by atoms with E-state index < -0.39 is 29.0 Å². The summed E-state index contributed by atoms with van der Waals surface area (Å²) in [5.74, 6) is -0.984. The molecule has 8 heteroatoms. The summed E-state index contributed by atoms with van der Waals surface area (Å²) in [6, 6.07) is 9.22. The van der Waals surface area contributed by atoms with Gasteiger partial charge in [0, 0.05) is 11.6 Å². The smallest absolute Gasteiger partial charge is 0.345 e. The number of nitro benzene ring substituents is 1. The van der Waals surface area contributed by atoms with Gasteiger partial charge in [0.15, 0.2) is 23.9 Å². The van der Waals surface area contributed by atoms with Crippen LogP contribution in [-0.4, -0.2) is 30.1 Å². The summed E-state index contributed by atoms with van der Waals surface area (Å²) in [4.78, 5) is 34.8. The molecular formula is C18H15NO7. The molecular weight excluding hydrogens is 342 g/mol. The molecule has 0 aliphatic carbocycles. The van der Waals surface area contributed by atoms with Crippen LogP contribution in [0.2, 0.25) is 0 Å². The first-order valence-electron chi connectivity index (χ1n) is 7.87. The average molecular weight is 357 g/mol. The van der Waals surface area contributed by atoms with E-state index in [1.807, 2.05) is 19.1 Å². The van der Waals surface area contributed by atoms with Crippen molar-refractivity contribution in [2.75, 3.05) is 13.4 Å². The quantitative estimate of drug-likeness (QED) is 0.339. The third-order valence-corrected chi connectivity index (χ3v) is 3.93. The van der Waals surface area contributed by atoms with Crippen LogP contribution in [-0.2, 0) is 11.2 Å². The molecule has 1 aliphatic heterocycles. The van der Waals surface area contributed by atoms with Crippen LogP contribution in [0.15, 0.2) is 36.4 Å². The maximum Gasteiger partial charge on any atom is 0.345 e. The van der Waals surface area contributed by atoms with Crippen molar-refractivity contribution in [1.82, 2.24) is 0 Å². The molecule has 1 aliphatic rings. The SMILES string of the molecule is CCc1ccc(C(=O)COC(=O)c2cc3c(cc2[N+](=O)[O-])OCO3)cc1. The zero-order valence-corrected chi connectivity index (χ0v) is 13.9. The van der Waals surface area contributed by atoms with Crippen LogP contribution in [0.1, 0.15) is 33.2 Å². The number of aryl methyl sites for hydroxylation is 1. The number of rotatable bonds is 6. The van der Waals surface area contributed by atoms with Crippen LogP contribution >= 0.6 is 0 Å². The number of benzene rings is 2. The molecule has 0 N–H and O–H groups in total. The summed E-state index contributed by atoms with van der Waals surface area (Å²) in [6.07, 6.45) is 0.844. The van der Waals surface area contributed by atoms with Crippen LogP contribution < -0.4 is 9.47 Å². The Morgan fingerprint density at radius 1 is 1.15 bits per heavy atom. The van der Waals surface area contributed by atoms with Crippen LogP contribution in [0, 0.1) is 10.1 Å². The maximum atomic E-state index is 12.2. The van der Waals surface area contributed by atoms with Gasteiger partial charge in [0.25, 0.3) is 5.69 Å². The van der Waals surface area contributed by atoms with Gasteiger partial charge < -0.3 is 14.2 Å². The van der Waals surface area contributed by atoms with Crippen molar-refractivity contribution in [2.24, 2.45) is 0 Å². The lowest BCUT2D eigenvalue weighted by atomic mass is 10.1. The molecule has 134 valence electrons. The highest BCUT2D eigenvalue weighted by Gasteiger charge is 2.28. The van der Waals surface area contributed by atoms with E-state index in [2.05, 4.69) is 0 Å². The molecule has 0 amide bonds. The van der Waals surface area contributed by atoms with Gasteiger partial charge in [-0.3, -0.25) is 14.9 Å². The number of ketones is 1. The Labute approximate surface area is 148 Å². The van der Waals surface area contributed by atoms with Crippen molar-refractivity contribution >= 4 is 17.4 Å². The van der Waals surface area contributed by atoms with Gasteiger partial charge in [-0.1, -0.05) is 31.2 Å². The van der Waals surface area contributed by atoms with Gasteiger partial charge in [0.05, 0.1) is 11.0 Å².